The minimum atomic E-state index is -4.02. The van der Waals surface area contributed by atoms with E-state index in [0.717, 1.165) is 6.07 Å². The Morgan fingerprint density at radius 2 is 2.07 bits per heavy atom. The number of halogens is 1. The van der Waals surface area contributed by atoms with Crippen LogP contribution in [0.3, 0.4) is 0 Å². The SMILES string of the molecule is N=C(N)c1c(F)cccc1NS(N)(=O)=O. The highest BCUT2D eigenvalue weighted by atomic mass is 32.2. The van der Waals surface area contributed by atoms with Crippen LogP contribution in [0.1, 0.15) is 5.56 Å². The first-order chi connectivity index (χ1) is 6.81. The van der Waals surface area contributed by atoms with Crippen LogP contribution in [0, 0.1) is 11.2 Å². The number of amidine groups is 1. The average molecular weight is 232 g/mol. The predicted molar refractivity (Wildman–Crippen MR) is 54.1 cm³/mol. The summed E-state index contributed by atoms with van der Waals surface area (Å²) in [5, 5.41) is 11.8. The van der Waals surface area contributed by atoms with E-state index >= 15 is 0 Å². The molecule has 1 aromatic rings. The highest BCUT2D eigenvalue weighted by molar-refractivity contribution is 7.90. The minimum absolute atomic E-state index is 0.162. The van der Waals surface area contributed by atoms with Crippen molar-refractivity contribution >= 4 is 21.7 Å². The summed E-state index contributed by atoms with van der Waals surface area (Å²) in [4.78, 5) is 0. The maximum Gasteiger partial charge on any atom is 0.296 e. The maximum absolute atomic E-state index is 13.2. The molecule has 0 fully saturated rings. The lowest BCUT2D eigenvalue weighted by Crippen LogP contribution is -2.25. The van der Waals surface area contributed by atoms with Crippen molar-refractivity contribution in [3.8, 4) is 0 Å². The molecular weight excluding hydrogens is 223 g/mol. The van der Waals surface area contributed by atoms with Gasteiger partial charge in [-0.15, -0.1) is 0 Å². The fourth-order valence-corrected chi connectivity index (χ4v) is 1.51. The Morgan fingerprint density at radius 1 is 1.47 bits per heavy atom. The van der Waals surface area contributed by atoms with Gasteiger partial charge in [-0.25, -0.2) is 9.53 Å². The fraction of sp³-hybridized carbons (Fsp3) is 0. The number of hydrogen-bond donors (Lipinski definition) is 4. The monoisotopic (exact) mass is 232 g/mol. The lowest BCUT2D eigenvalue weighted by atomic mass is 10.1. The van der Waals surface area contributed by atoms with Crippen molar-refractivity contribution in [1.82, 2.24) is 0 Å². The van der Waals surface area contributed by atoms with Crippen LogP contribution in [0.4, 0.5) is 10.1 Å². The normalized spacial score (nSPS) is 11.1. The first-order valence-corrected chi connectivity index (χ1v) is 5.29. The Kier molecular flexibility index (Phi) is 2.91. The summed E-state index contributed by atoms with van der Waals surface area (Å²) in [5.41, 5.74) is 4.61. The Hall–Kier alpha value is -1.67. The molecule has 6 N–H and O–H groups in total. The average Bonchev–Trinajstić information content (AvgIpc) is 1.99. The zero-order valence-electron chi connectivity index (χ0n) is 7.49. The molecule has 0 bridgehead atoms. The van der Waals surface area contributed by atoms with E-state index in [2.05, 4.69) is 0 Å². The van der Waals surface area contributed by atoms with Gasteiger partial charge in [-0.3, -0.25) is 10.1 Å². The number of nitrogen functional groups attached to an aromatic ring is 1. The van der Waals surface area contributed by atoms with Crippen molar-refractivity contribution in [3.63, 3.8) is 0 Å². The van der Waals surface area contributed by atoms with Gasteiger partial charge in [0.05, 0.1) is 11.3 Å². The second-order valence-corrected chi connectivity index (χ2v) is 4.02. The van der Waals surface area contributed by atoms with Gasteiger partial charge < -0.3 is 5.73 Å². The second-order valence-electron chi connectivity index (χ2n) is 2.72. The molecule has 15 heavy (non-hydrogen) atoms. The number of rotatable bonds is 3. The van der Waals surface area contributed by atoms with Crippen LogP contribution in [0.25, 0.3) is 0 Å². The molecular formula is C7H9FN4O2S. The van der Waals surface area contributed by atoms with Crippen LogP contribution in [-0.4, -0.2) is 14.3 Å². The number of nitrogens with two attached hydrogens (primary N) is 2. The molecule has 0 amide bonds. The van der Waals surface area contributed by atoms with Crippen molar-refractivity contribution in [2.24, 2.45) is 10.9 Å². The Bertz CT molecular complexity index is 500. The van der Waals surface area contributed by atoms with E-state index in [4.69, 9.17) is 16.3 Å². The number of benzene rings is 1. The number of hydrogen-bond acceptors (Lipinski definition) is 3. The van der Waals surface area contributed by atoms with Crippen molar-refractivity contribution in [1.29, 1.82) is 5.41 Å². The molecule has 1 rings (SSSR count). The van der Waals surface area contributed by atoms with E-state index in [9.17, 15) is 12.8 Å². The Labute approximate surface area is 85.8 Å². The van der Waals surface area contributed by atoms with E-state index in [1.54, 1.807) is 0 Å². The van der Waals surface area contributed by atoms with Gasteiger partial charge in [-0.1, -0.05) is 6.07 Å². The zero-order valence-corrected chi connectivity index (χ0v) is 8.31. The highest BCUT2D eigenvalue weighted by Gasteiger charge is 2.13. The molecule has 0 aliphatic rings. The summed E-state index contributed by atoms with van der Waals surface area (Å²) >= 11 is 0. The lowest BCUT2D eigenvalue weighted by Gasteiger charge is -2.09. The van der Waals surface area contributed by atoms with Crippen LogP contribution >= 0.6 is 0 Å². The molecule has 82 valence electrons. The molecule has 6 nitrogen and oxygen atoms in total. The molecule has 0 saturated heterocycles. The smallest absolute Gasteiger partial charge is 0.296 e. The van der Waals surface area contributed by atoms with Crippen LogP contribution in [0.2, 0.25) is 0 Å². The standard InChI is InChI=1S/C7H9FN4O2S/c8-4-2-1-3-5(6(4)7(9)10)12-15(11,13)14/h1-3,12H,(H3,9,10)(H2,11,13,14). The molecule has 8 heteroatoms. The van der Waals surface area contributed by atoms with Gasteiger partial charge in [0, 0.05) is 0 Å². The van der Waals surface area contributed by atoms with E-state index < -0.39 is 21.9 Å². The van der Waals surface area contributed by atoms with Crippen molar-refractivity contribution in [2.45, 2.75) is 0 Å². The Balaban J connectivity index is 3.30. The molecule has 0 spiro atoms. The van der Waals surface area contributed by atoms with Gasteiger partial charge >= 0.3 is 0 Å². The third-order valence-electron chi connectivity index (χ3n) is 1.54. The van der Waals surface area contributed by atoms with Gasteiger partial charge in [0.1, 0.15) is 11.7 Å². The highest BCUT2D eigenvalue weighted by Crippen LogP contribution is 2.18. The summed E-state index contributed by atoms with van der Waals surface area (Å²) < 4.78 is 36.5. The van der Waals surface area contributed by atoms with Gasteiger partial charge in [-0.05, 0) is 12.1 Å². The molecule has 0 radical (unpaired) electrons. The first-order valence-electron chi connectivity index (χ1n) is 3.74. The largest absolute Gasteiger partial charge is 0.384 e. The molecule has 0 unspecified atom stereocenters. The number of nitrogens with one attached hydrogen (secondary N) is 2. The van der Waals surface area contributed by atoms with Crippen LogP contribution in [0.5, 0.6) is 0 Å². The summed E-state index contributed by atoms with van der Waals surface area (Å²) in [6.07, 6.45) is 0. The molecule has 0 saturated carbocycles. The molecule has 0 aromatic heterocycles. The molecule has 1 aromatic carbocycles. The molecule has 0 aliphatic carbocycles. The fourth-order valence-electron chi connectivity index (χ4n) is 1.04. The zero-order chi connectivity index (χ0) is 11.6. The van der Waals surface area contributed by atoms with Crippen molar-refractivity contribution < 1.29 is 12.8 Å². The van der Waals surface area contributed by atoms with E-state index in [1.807, 2.05) is 4.72 Å². The summed E-state index contributed by atoms with van der Waals surface area (Å²) in [5.74, 6) is -1.38. The number of anilines is 1. The minimum Gasteiger partial charge on any atom is -0.384 e. The summed E-state index contributed by atoms with van der Waals surface area (Å²) in [6, 6.07) is 3.59. The van der Waals surface area contributed by atoms with Crippen LogP contribution in [-0.2, 0) is 10.2 Å². The Morgan fingerprint density at radius 3 is 2.53 bits per heavy atom. The van der Waals surface area contributed by atoms with Gasteiger partial charge in [-0.2, -0.15) is 8.42 Å². The van der Waals surface area contributed by atoms with Crippen LogP contribution in [0.15, 0.2) is 18.2 Å². The maximum atomic E-state index is 13.2. The van der Waals surface area contributed by atoms with Crippen molar-refractivity contribution in [2.75, 3.05) is 4.72 Å². The van der Waals surface area contributed by atoms with E-state index in [1.165, 1.54) is 12.1 Å². The topological polar surface area (TPSA) is 122 Å². The summed E-state index contributed by atoms with van der Waals surface area (Å²) in [7, 11) is -4.02. The quantitative estimate of drug-likeness (QED) is 0.423. The molecule has 0 atom stereocenters. The predicted octanol–water partition coefficient (Wildman–Crippen LogP) is -0.275. The van der Waals surface area contributed by atoms with Gasteiger partial charge in [0.15, 0.2) is 0 Å². The van der Waals surface area contributed by atoms with Gasteiger partial charge in [0.2, 0.25) is 0 Å². The lowest BCUT2D eigenvalue weighted by molar-refractivity contribution is 0.602. The molecule has 0 aliphatic heterocycles. The first kappa shape index (κ1) is 11.4. The third kappa shape index (κ3) is 2.89. The van der Waals surface area contributed by atoms with Crippen molar-refractivity contribution in [3.05, 3.63) is 29.6 Å². The molecule has 0 heterocycles. The van der Waals surface area contributed by atoms with Gasteiger partial charge in [0.25, 0.3) is 10.2 Å². The van der Waals surface area contributed by atoms with E-state index in [0.29, 0.717) is 0 Å². The second kappa shape index (κ2) is 3.83. The summed E-state index contributed by atoms with van der Waals surface area (Å²) in [6.45, 7) is 0. The van der Waals surface area contributed by atoms with E-state index in [-0.39, 0.29) is 11.3 Å². The van der Waals surface area contributed by atoms with Crippen LogP contribution < -0.4 is 15.6 Å². The third-order valence-corrected chi connectivity index (χ3v) is 2.04.